The Hall–Kier alpha value is -2.46. The molecule has 1 aliphatic heterocycles. The van der Waals surface area contributed by atoms with Crippen molar-refractivity contribution in [2.45, 2.75) is 25.7 Å². The predicted octanol–water partition coefficient (Wildman–Crippen LogP) is 3.36. The number of halogens is 6. The topological polar surface area (TPSA) is 58.6 Å². The second-order valence-electron chi connectivity index (χ2n) is 5.38. The molecule has 0 atom stereocenters. The largest absolute Gasteiger partial charge is 0.466 e. The van der Waals surface area contributed by atoms with Crippen molar-refractivity contribution >= 4 is 17.7 Å². The van der Waals surface area contributed by atoms with E-state index in [0.29, 0.717) is 6.07 Å². The Labute approximate surface area is 143 Å². The standard InChI is InChI=1S/C15H14F6N2O3/c1-2-26-12(24)7-9-10(15(19,20)21)5-8(14(16,17)18)6-11(9)23-4-3-22-13(23)25/h5-6H,2-4,7H2,1H3,(H,22,25). The van der Waals surface area contributed by atoms with Gasteiger partial charge in [-0.05, 0) is 24.6 Å². The third-order valence-electron chi connectivity index (χ3n) is 3.63. The zero-order chi connectivity index (χ0) is 19.7. The molecule has 1 heterocycles. The first-order chi connectivity index (χ1) is 11.9. The Morgan fingerprint density at radius 3 is 2.31 bits per heavy atom. The lowest BCUT2D eigenvalue weighted by atomic mass is 9.97. The van der Waals surface area contributed by atoms with E-state index in [0.717, 1.165) is 4.90 Å². The molecule has 144 valence electrons. The maximum Gasteiger partial charge on any atom is 0.416 e. The number of urea groups is 1. The predicted molar refractivity (Wildman–Crippen MR) is 77.5 cm³/mol. The number of ether oxygens (including phenoxy) is 1. The molecule has 0 bridgehead atoms. The SMILES string of the molecule is CCOC(=O)Cc1c(N2CCNC2=O)cc(C(F)(F)F)cc1C(F)(F)F. The smallest absolute Gasteiger partial charge is 0.416 e. The molecule has 1 N–H and O–H groups in total. The Morgan fingerprint density at radius 2 is 1.85 bits per heavy atom. The van der Waals surface area contributed by atoms with Crippen molar-refractivity contribution in [3.63, 3.8) is 0 Å². The van der Waals surface area contributed by atoms with Crippen molar-refractivity contribution in [1.29, 1.82) is 0 Å². The summed E-state index contributed by atoms with van der Waals surface area (Å²) in [5.41, 5.74) is -4.54. The lowest BCUT2D eigenvalue weighted by molar-refractivity contribution is -0.144. The van der Waals surface area contributed by atoms with Gasteiger partial charge in [0.05, 0.1) is 29.8 Å². The monoisotopic (exact) mass is 384 g/mol. The normalized spacial score (nSPS) is 15.2. The lowest BCUT2D eigenvalue weighted by Crippen LogP contribution is -2.30. The van der Waals surface area contributed by atoms with Gasteiger partial charge in [0.2, 0.25) is 0 Å². The van der Waals surface area contributed by atoms with Crippen LogP contribution < -0.4 is 10.2 Å². The van der Waals surface area contributed by atoms with Gasteiger partial charge in [0.1, 0.15) is 0 Å². The summed E-state index contributed by atoms with van der Waals surface area (Å²) in [4.78, 5) is 24.2. The van der Waals surface area contributed by atoms with Crippen molar-refractivity contribution in [2.75, 3.05) is 24.6 Å². The van der Waals surface area contributed by atoms with Crippen LogP contribution in [-0.4, -0.2) is 31.7 Å². The highest BCUT2D eigenvalue weighted by molar-refractivity contribution is 5.96. The maximum atomic E-state index is 13.4. The third-order valence-corrected chi connectivity index (χ3v) is 3.63. The number of hydrogen-bond acceptors (Lipinski definition) is 3. The Kier molecular flexibility index (Phi) is 5.38. The Balaban J connectivity index is 2.70. The Bertz CT molecular complexity index is 715. The molecule has 0 spiro atoms. The molecule has 2 rings (SSSR count). The average Bonchev–Trinajstić information content (AvgIpc) is 2.91. The summed E-state index contributed by atoms with van der Waals surface area (Å²) in [7, 11) is 0. The first-order valence-corrected chi connectivity index (χ1v) is 7.47. The third kappa shape index (κ3) is 4.20. The van der Waals surface area contributed by atoms with Crippen LogP contribution in [0.3, 0.4) is 0 Å². The summed E-state index contributed by atoms with van der Waals surface area (Å²) < 4.78 is 83.9. The van der Waals surface area contributed by atoms with Crippen LogP contribution in [0.4, 0.5) is 36.8 Å². The van der Waals surface area contributed by atoms with Crippen molar-refractivity contribution in [1.82, 2.24) is 5.32 Å². The van der Waals surface area contributed by atoms with Crippen LogP contribution in [0, 0.1) is 0 Å². The van der Waals surface area contributed by atoms with E-state index < -0.39 is 53.2 Å². The zero-order valence-electron chi connectivity index (χ0n) is 13.4. The molecule has 1 saturated heterocycles. The van der Waals surface area contributed by atoms with Crippen LogP contribution in [0.25, 0.3) is 0 Å². The van der Waals surface area contributed by atoms with Crippen LogP contribution in [0.2, 0.25) is 0 Å². The van der Waals surface area contributed by atoms with Gasteiger partial charge in [0.15, 0.2) is 0 Å². The number of esters is 1. The molecule has 26 heavy (non-hydrogen) atoms. The summed E-state index contributed by atoms with van der Waals surface area (Å²) in [6, 6.07) is -0.469. The number of nitrogens with one attached hydrogen (secondary N) is 1. The van der Waals surface area contributed by atoms with E-state index in [9.17, 15) is 35.9 Å². The number of nitrogens with zero attached hydrogens (tertiary/aromatic N) is 1. The van der Waals surface area contributed by atoms with Gasteiger partial charge in [0, 0.05) is 13.1 Å². The van der Waals surface area contributed by atoms with Gasteiger partial charge in [-0.2, -0.15) is 26.3 Å². The lowest BCUT2D eigenvalue weighted by Gasteiger charge is -2.24. The number of rotatable bonds is 4. The number of benzene rings is 1. The van der Waals surface area contributed by atoms with E-state index in [2.05, 4.69) is 10.1 Å². The average molecular weight is 384 g/mol. The number of carbonyl (C=O) groups is 2. The second-order valence-corrected chi connectivity index (χ2v) is 5.38. The molecule has 2 amide bonds. The van der Waals surface area contributed by atoms with Gasteiger partial charge < -0.3 is 10.1 Å². The fourth-order valence-electron chi connectivity index (χ4n) is 2.56. The number of hydrogen-bond donors (Lipinski definition) is 1. The van der Waals surface area contributed by atoms with E-state index in [1.165, 1.54) is 6.92 Å². The summed E-state index contributed by atoms with van der Waals surface area (Å²) in [6.45, 7) is 1.24. The van der Waals surface area contributed by atoms with E-state index in [1.807, 2.05) is 0 Å². The van der Waals surface area contributed by atoms with Crippen LogP contribution in [0.5, 0.6) is 0 Å². The first kappa shape index (κ1) is 19.9. The van der Waals surface area contributed by atoms with Crippen molar-refractivity contribution in [3.05, 3.63) is 28.8 Å². The van der Waals surface area contributed by atoms with Gasteiger partial charge in [-0.3, -0.25) is 9.69 Å². The van der Waals surface area contributed by atoms with Gasteiger partial charge >= 0.3 is 24.4 Å². The van der Waals surface area contributed by atoms with Gasteiger partial charge in [-0.15, -0.1) is 0 Å². The van der Waals surface area contributed by atoms with Gasteiger partial charge in [-0.25, -0.2) is 4.79 Å². The first-order valence-electron chi connectivity index (χ1n) is 7.47. The number of alkyl halides is 6. The Morgan fingerprint density at radius 1 is 1.19 bits per heavy atom. The summed E-state index contributed by atoms with van der Waals surface area (Å²) >= 11 is 0. The quantitative estimate of drug-likeness (QED) is 0.640. The number of anilines is 1. The molecule has 11 heteroatoms. The molecule has 0 radical (unpaired) electrons. The molecule has 1 aliphatic rings. The minimum Gasteiger partial charge on any atom is -0.466 e. The summed E-state index contributed by atoms with van der Waals surface area (Å²) in [5, 5.41) is 2.30. The number of carbonyl (C=O) groups excluding carboxylic acids is 2. The van der Waals surface area contributed by atoms with Crippen LogP contribution in [-0.2, 0) is 28.3 Å². The molecule has 0 aromatic heterocycles. The van der Waals surface area contributed by atoms with Gasteiger partial charge in [0.25, 0.3) is 0 Å². The molecule has 0 aliphatic carbocycles. The van der Waals surface area contributed by atoms with E-state index >= 15 is 0 Å². The maximum absolute atomic E-state index is 13.4. The summed E-state index contributed by atoms with van der Waals surface area (Å²) in [6.07, 6.45) is -11.1. The zero-order valence-corrected chi connectivity index (χ0v) is 13.4. The fraction of sp³-hybridized carbons (Fsp3) is 0.467. The number of amides is 2. The molecule has 1 aromatic carbocycles. The highest BCUT2D eigenvalue weighted by Crippen LogP contribution is 2.42. The molecular weight excluding hydrogens is 370 g/mol. The van der Waals surface area contributed by atoms with Crippen molar-refractivity contribution in [3.8, 4) is 0 Å². The highest BCUT2D eigenvalue weighted by Gasteiger charge is 2.41. The minimum atomic E-state index is -5.16. The van der Waals surface area contributed by atoms with Crippen molar-refractivity contribution in [2.24, 2.45) is 0 Å². The van der Waals surface area contributed by atoms with Crippen LogP contribution in [0.1, 0.15) is 23.6 Å². The summed E-state index contributed by atoms with van der Waals surface area (Å²) in [5.74, 6) is -1.04. The van der Waals surface area contributed by atoms with Crippen LogP contribution >= 0.6 is 0 Å². The molecule has 5 nitrogen and oxygen atoms in total. The molecule has 1 aromatic rings. The molecule has 1 fully saturated rings. The van der Waals surface area contributed by atoms with E-state index in [4.69, 9.17) is 0 Å². The van der Waals surface area contributed by atoms with E-state index in [1.54, 1.807) is 0 Å². The second kappa shape index (κ2) is 7.04. The molecular formula is C15H14F6N2O3. The van der Waals surface area contributed by atoms with E-state index in [-0.39, 0.29) is 25.8 Å². The minimum absolute atomic E-state index is 0.0509. The van der Waals surface area contributed by atoms with Crippen molar-refractivity contribution < 1.29 is 40.7 Å². The molecule has 0 unspecified atom stereocenters. The highest BCUT2D eigenvalue weighted by atomic mass is 19.4. The molecule has 0 saturated carbocycles. The van der Waals surface area contributed by atoms with Gasteiger partial charge in [-0.1, -0.05) is 0 Å². The fourth-order valence-corrected chi connectivity index (χ4v) is 2.56. The van der Waals surface area contributed by atoms with Crippen LogP contribution in [0.15, 0.2) is 12.1 Å².